The number of benzene rings is 2. The standard InChI is InChI=1S/C22H22NO4/c1-2-6-23-7-5-15-9-20-21(26-12-25-20)10-16(15)18(23)8-14-3-4-19-22(17(14)11-23)27-13-24-19/h2-4,9-10,18H,1,5-8,11-13H2/q+1. The fourth-order valence-electron chi connectivity index (χ4n) is 5.31. The zero-order chi connectivity index (χ0) is 18.0. The second-order valence-corrected chi connectivity index (χ2v) is 7.88. The fraction of sp³-hybridized carbons (Fsp3) is 0.364. The zero-order valence-corrected chi connectivity index (χ0v) is 15.2. The molecule has 0 bridgehead atoms. The van der Waals surface area contributed by atoms with Gasteiger partial charge in [0.05, 0.1) is 18.7 Å². The lowest BCUT2D eigenvalue weighted by molar-refractivity contribution is -0.968. The Hall–Kier alpha value is -2.66. The van der Waals surface area contributed by atoms with Gasteiger partial charge in [0.15, 0.2) is 23.0 Å². The van der Waals surface area contributed by atoms with E-state index >= 15 is 0 Å². The summed E-state index contributed by atoms with van der Waals surface area (Å²) in [6.45, 7) is 7.70. The molecule has 138 valence electrons. The Bertz CT molecular complexity index is 969. The summed E-state index contributed by atoms with van der Waals surface area (Å²) in [6.07, 6.45) is 4.10. The van der Waals surface area contributed by atoms with Crippen LogP contribution in [0, 0.1) is 0 Å². The quantitative estimate of drug-likeness (QED) is 0.604. The van der Waals surface area contributed by atoms with E-state index in [1.807, 2.05) is 0 Å². The molecule has 0 fully saturated rings. The highest BCUT2D eigenvalue weighted by atomic mass is 16.7. The van der Waals surface area contributed by atoms with Crippen molar-refractivity contribution in [2.45, 2.75) is 25.4 Å². The summed E-state index contributed by atoms with van der Waals surface area (Å²) in [6, 6.07) is 9.07. The van der Waals surface area contributed by atoms with Crippen LogP contribution in [-0.2, 0) is 19.4 Å². The highest BCUT2D eigenvalue weighted by Crippen LogP contribution is 2.51. The molecule has 2 atom stereocenters. The molecule has 4 aliphatic rings. The van der Waals surface area contributed by atoms with E-state index in [0.29, 0.717) is 19.6 Å². The fourth-order valence-corrected chi connectivity index (χ4v) is 5.31. The summed E-state index contributed by atoms with van der Waals surface area (Å²) < 4.78 is 23.7. The van der Waals surface area contributed by atoms with E-state index in [4.69, 9.17) is 18.9 Å². The number of ether oxygens (including phenoxy) is 4. The number of hydrogen-bond donors (Lipinski definition) is 0. The molecule has 0 amide bonds. The molecule has 0 aliphatic carbocycles. The largest absolute Gasteiger partial charge is 0.454 e. The predicted molar refractivity (Wildman–Crippen MR) is 99.2 cm³/mol. The molecule has 2 aromatic rings. The monoisotopic (exact) mass is 364 g/mol. The van der Waals surface area contributed by atoms with Crippen LogP contribution in [0.25, 0.3) is 0 Å². The second kappa shape index (κ2) is 5.42. The van der Waals surface area contributed by atoms with Crippen LogP contribution in [0.4, 0.5) is 0 Å². The molecule has 0 spiro atoms. The SMILES string of the molecule is C=CC[N+]12CCc3cc4c(cc3C1Cc1ccc3c(c1C2)OCO3)OCO4. The lowest BCUT2D eigenvalue weighted by Crippen LogP contribution is -2.56. The van der Waals surface area contributed by atoms with E-state index < -0.39 is 0 Å². The summed E-state index contributed by atoms with van der Waals surface area (Å²) in [5.74, 6) is 3.59. The molecule has 0 radical (unpaired) electrons. The van der Waals surface area contributed by atoms with Crippen molar-refractivity contribution in [1.82, 2.24) is 0 Å². The van der Waals surface area contributed by atoms with E-state index in [2.05, 4.69) is 36.9 Å². The Morgan fingerprint density at radius 1 is 1.00 bits per heavy atom. The molecule has 2 unspecified atom stereocenters. The molecule has 0 N–H and O–H groups in total. The maximum absolute atomic E-state index is 5.84. The lowest BCUT2D eigenvalue weighted by atomic mass is 9.81. The van der Waals surface area contributed by atoms with Crippen LogP contribution in [0.15, 0.2) is 36.9 Å². The number of hydrogen-bond acceptors (Lipinski definition) is 4. The third kappa shape index (κ3) is 2.09. The molecule has 0 saturated carbocycles. The normalized spacial score (nSPS) is 26.1. The third-order valence-electron chi connectivity index (χ3n) is 6.60. The predicted octanol–water partition coefficient (Wildman–Crippen LogP) is 3.50. The van der Waals surface area contributed by atoms with E-state index in [0.717, 1.165) is 60.0 Å². The smallest absolute Gasteiger partial charge is 0.231 e. The molecule has 27 heavy (non-hydrogen) atoms. The van der Waals surface area contributed by atoms with Crippen LogP contribution in [0.5, 0.6) is 23.0 Å². The van der Waals surface area contributed by atoms with Gasteiger partial charge in [-0.2, -0.15) is 0 Å². The summed E-state index contributed by atoms with van der Waals surface area (Å²) in [4.78, 5) is 0. The van der Waals surface area contributed by atoms with Crippen molar-refractivity contribution in [2.75, 3.05) is 26.7 Å². The van der Waals surface area contributed by atoms with Crippen LogP contribution in [-0.4, -0.2) is 31.2 Å². The molecule has 0 aromatic heterocycles. The van der Waals surface area contributed by atoms with Crippen molar-refractivity contribution in [3.05, 3.63) is 59.2 Å². The highest BCUT2D eigenvalue weighted by Gasteiger charge is 2.47. The van der Waals surface area contributed by atoms with Crippen molar-refractivity contribution in [1.29, 1.82) is 0 Å². The van der Waals surface area contributed by atoms with Gasteiger partial charge in [-0.1, -0.05) is 12.6 Å². The van der Waals surface area contributed by atoms with Gasteiger partial charge in [0.1, 0.15) is 12.6 Å². The van der Waals surface area contributed by atoms with Crippen LogP contribution in [0.3, 0.4) is 0 Å². The average Bonchev–Trinajstić information content (AvgIpc) is 3.34. The molecular weight excluding hydrogens is 342 g/mol. The number of rotatable bonds is 2. The lowest BCUT2D eigenvalue weighted by Gasteiger charge is -2.51. The first-order valence-electron chi connectivity index (χ1n) is 9.57. The van der Waals surface area contributed by atoms with Crippen molar-refractivity contribution in [3.63, 3.8) is 0 Å². The van der Waals surface area contributed by atoms with Crippen LogP contribution in [0.1, 0.15) is 28.3 Å². The molecular formula is C22H22NO4+. The second-order valence-electron chi connectivity index (χ2n) is 7.88. The van der Waals surface area contributed by atoms with Gasteiger partial charge in [-0.05, 0) is 35.4 Å². The Kier molecular flexibility index (Phi) is 3.09. The van der Waals surface area contributed by atoms with E-state index in [9.17, 15) is 0 Å². The summed E-state index contributed by atoms with van der Waals surface area (Å²) >= 11 is 0. The third-order valence-corrected chi connectivity index (χ3v) is 6.60. The van der Waals surface area contributed by atoms with E-state index in [1.165, 1.54) is 22.3 Å². The zero-order valence-electron chi connectivity index (χ0n) is 15.2. The van der Waals surface area contributed by atoms with Gasteiger partial charge in [0.25, 0.3) is 0 Å². The van der Waals surface area contributed by atoms with Crippen molar-refractivity contribution >= 4 is 0 Å². The Labute approximate surface area is 158 Å². The molecule has 5 heteroatoms. The van der Waals surface area contributed by atoms with Crippen LogP contribution in [0.2, 0.25) is 0 Å². The van der Waals surface area contributed by atoms with E-state index in [1.54, 1.807) is 0 Å². The average molecular weight is 364 g/mol. The summed E-state index contributed by atoms with van der Waals surface area (Å²) in [5, 5.41) is 0. The van der Waals surface area contributed by atoms with Gasteiger partial charge in [0.2, 0.25) is 13.6 Å². The molecule has 4 heterocycles. The Morgan fingerprint density at radius 3 is 2.70 bits per heavy atom. The first-order chi connectivity index (χ1) is 13.3. The topological polar surface area (TPSA) is 36.9 Å². The summed E-state index contributed by atoms with van der Waals surface area (Å²) in [5.41, 5.74) is 5.47. The van der Waals surface area contributed by atoms with Crippen molar-refractivity contribution < 1.29 is 23.4 Å². The molecule has 2 aromatic carbocycles. The molecule has 5 nitrogen and oxygen atoms in total. The maximum Gasteiger partial charge on any atom is 0.231 e. The highest BCUT2D eigenvalue weighted by molar-refractivity contribution is 5.54. The summed E-state index contributed by atoms with van der Waals surface area (Å²) in [7, 11) is 0. The van der Waals surface area contributed by atoms with Crippen molar-refractivity contribution in [3.8, 4) is 23.0 Å². The van der Waals surface area contributed by atoms with Gasteiger partial charge >= 0.3 is 0 Å². The Morgan fingerprint density at radius 2 is 1.81 bits per heavy atom. The Balaban J connectivity index is 1.51. The number of nitrogens with zero attached hydrogens (tertiary/aromatic N) is 1. The van der Waals surface area contributed by atoms with Crippen LogP contribution >= 0.6 is 0 Å². The van der Waals surface area contributed by atoms with Gasteiger partial charge in [0, 0.05) is 18.4 Å². The number of fused-ring (bicyclic) bond motifs is 7. The molecule has 6 rings (SSSR count). The van der Waals surface area contributed by atoms with Gasteiger partial charge in [-0.3, -0.25) is 0 Å². The first-order valence-corrected chi connectivity index (χ1v) is 9.57. The maximum atomic E-state index is 5.84. The molecule has 4 aliphatic heterocycles. The minimum absolute atomic E-state index is 0.321. The van der Waals surface area contributed by atoms with Gasteiger partial charge < -0.3 is 23.4 Å². The van der Waals surface area contributed by atoms with E-state index in [-0.39, 0.29) is 0 Å². The minimum atomic E-state index is 0.321. The first kappa shape index (κ1) is 15.4. The van der Waals surface area contributed by atoms with Gasteiger partial charge in [-0.15, -0.1) is 0 Å². The minimum Gasteiger partial charge on any atom is -0.454 e. The van der Waals surface area contributed by atoms with Gasteiger partial charge in [-0.25, -0.2) is 0 Å². The molecule has 0 saturated heterocycles. The van der Waals surface area contributed by atoms with Crippen LogP contribution < -0.4 is 18.9 Å². The van der Waals surface area contributed by atoms with Crippen molar-refractivity contribution in [2.24, 2.45) is 0 Å². The number of quaternary nitrogens is 1.